The lowest BCUT2D eigenvalue weighted by Gasteiger charge is -2.05. The SMILES string of the molecule is Sc1c(Sc2ccccc2)sc(Sc2ccccc2)c1Sc1ccccc1. The molecule has 0 saturated carbocycles. The molecule has 0 unspecified atom stereocenters. The maximum absolute atomic E-state index is 4.91. The molecule has 0 bridgehead atoms. The van der Waals surface area contributed by atoms with Crippen LogP contribution in [0.25, 0.3) is 0 Å². The average Bonchev–Trinajstić information content (AvgIpc) is 2.99. The molecule has 1 aromatic heterocycles. The fraction of sp³-hybridized carbons (Fsp3) is 0. The van der Waals surface area contributed by atoms with Gasteiger partial charge in [-0.25, -0.2) is 0 Å². The predicted molar refractivity (Wildman–Crippen MR) is 123 cm³/mol. The molecular formula is C22H16S5. The quantitative estimate of drug-likeness (QED) is 0.299. The molecule has 0 saturated heterocycles. The second kappa shape index (κ2) is 9.30. The lowest BCUT2D eigenvalue weighted by atomic mass is 10.4. The first-order valence-corrected chi connectivity index (χ1v) is 12.1. The van der Waals surface area contributed by atoms with Gasteiger partial charge in [-0.1, -0.05) is 89.9 Å². The van der Waals surface area contributed by atoms with Crippen LogP contribution in [-0.4, -0.2) is 0 Å². The van der Waals surface area contributed by atoms with Crippen molar-refractivity contribution in [1.82, 2.24) is 0 Å². The molecule has 0 aliphatic heterocycles. The number of thiophene rings is 1. The molecule has 0 amide bonds. The predicted octanol–water partition coefficient (Wildman–Crippen LogP) is 8.49. The summed E-state index contributed by atoms with van der Waals surface area (Å²) in [5, 5.41) is 0. The van der Waals surface area contributed by atoms with E-state index in [4.69, 9.17) is 12.6 Å². The van der Waals surface area contributed by atoms with Gasteiger partial charge in [0, 0.05) is 19.6 Å². The summed E-state index contributed by atoms with van der Waals surface area (Å²) in [4.78, 5) is 6.03. The van der Waals surface area contributed by atoms with Gasteiger partial charge in [0.2, 0.25) is 0 Å². The average molecular weight is 441 g/mol. The fourth-order valence-electron chi connectivity index (χ4n) is 2.39. The molecule has 5 heteroatoms. The van der Waals surface area contributed by atoms with Crippen LogP contribution in [0.2, 0.25) is 0 Å². The lowest BCUT2D eigenvalue weighted by molar-refractivity contribution is 1.17. The molecule has 0 fully saturated rings. The second-order valence-electron chi connectivity index (χ2n) is 5.60. The van der Waals surface area contributed by atoms with E-state index in [1.54, 1.807) is 23.5 Å². The molecule has 4 rings (SSSR count). The first-order chi connectivity index (χ1) is 13.3. The Morgan fingerprint density at radius 3 is 1.41 bits per heavy atom. The third-order valence-corrected chi connectivity index (χ3v) is 9.50. The van der Waals surface area contributed by atoms with E-state index in [0.717, 1.165) is 4.90 Å². The number of thiol groups is 1. The van der Waals surface area contributed by atoms with Crippen LogP contribution >= 0.6 is 59.3 Å². The Hall–Kier alpha value is -1.24. The molecule has 27 heavy (non-hydrogen) atoms. The zero-order valence-corrected chi connectivity index (χ0v) is 18.4. The summed E-state index contributed by atoms with van der Waals surface area (Å²) < 4.78 is 2.53. The van der Waals surface area contributed by atoms with Gasteiger partial charge in [-0.15, -0.1) is 24.0 Å². The van der Waals surface area contributed by atoms with Crippen molar-refractivity contribution in [3.63, 3.8) is 0 Å². The highest BCUT2D eigenvalue weighted by Crippen LogP contribution is 2.52. The van der Waals surface area contributed by atoms with Crippen LogP contribution < -0.4 is 0 Å². The van der Waals surface area contributed by atoms with E-state index in [0.29, 0.717) is 0 Å². The molecule has 0 spiro atoms. The summed E-state index contributed by atoms with van der Waals surface area (Å²) in [6.07, 6.45) is 0. The van der Waals surface area contributed by atoms with Crippen molar-refractivity contribution in [3.05, 3.63) is 91.0 Å². The van der Waals surface area contributed by atoms with Crippen molar-refractivity contribution in [2.45, 2.75) is 32.9 Å². The smallest absolute Gasteiger partial charge is 0.0809 e. The van der Waals surface area contributed by atoms with E-state index in [-0.39, 0.29) is 0 Å². The molecule has 134 valence electrons. The van der Waals surface area contributed by atoms with Gasteiger partial charge < -0.3 is 0 Å². The zero-order chi connectivity index (χ0) is 18.5. The Balaban J connectivity index is 1.69. The van der Waals surface area contributed by atoms with Gasteiger partial charge in [0.15, 0.2) is 0 Å². The van der Waals surface area contributed by atoms with Crippen LogP contribution in [0.4, 0.5) is 0 Å². The molecule has 0 radical (unpaired) electrons. The first-order valence-electron chi connectivity index (χ1n) is 8.34. The zero-order valence-electron chi connectivity index (χ0n) is 14.2. The number of hydrogen-bond donors (Lipinski definition) is 1. The van der Waals surface area contributed by atoms with Crippen molar-refractivity contribution in [1.29, 1.82) is 0 Å². The Morgan fingerprint density at radius 1 is 0.519 bits per heavy atom. The van der Waals surface area contributed by atoms with E-state index in [2.05, 4.69) is 84.9 Å². The van der Waals surface area contributed by atoms with Gasteiger partial charge in [-0.05, 0) is 36.4 Å². The largest absolute Gasteiger partial charge is 0.140 e. The maximum atomic E-state index is 4.91. The van der Waals surface area contributed by atoms with E-state index in [1.807, 2.05) is 29.2 Å². The lowest BCUT2D eigenvalue weighted by Crippen LogP contribution is -1.76. The summed E-state index contributed by atoms with van der Waals surface area (Å²) in [7, 11) is 0. The van der Waals surface area contributed by atoms with Crippen molar-refractivity contribution in [3.8, 4) is 0 Å². The third kappa shape index (κ3) is 4.98. The van der Waals surface area contributed by atoms with Gasteiger partial charge >= 0.3 is 0 Å². The van der Waals surface area contributed by atoms with Crippen molar-refractivity contribution < 1.29 is 0 Å². The maximum Gasteiger partial charge on any atom is 0.0809 e. The topological polar surface area (TPSA) is 0 Å². The van der Waals surface area contributed by atoms with Crippen molar-refractivity contribution >= 4 is 59.3 Å². The molecule has 1 heterocycles. The van der Waals surface area contributed by atoms with Gasteiger partial charge in [-0.2, -0.15) is 0 Å². The Kier molecular flexibility index (Phi) is 6.58. The highest BCUT2D eigenvalue weighted by molar-refractivity contribution is 8.05. The van der Waals surface area contributed by atoms with Gasteiger partial charge in [0.1, 0.15) is 0 Å². The van der Waals surface area contributed by atoms with E-state index < -0.39 is 0 Å². The molecule has 0 aliphatic rings. The molecule has 0 aliphatic carbocycles. The van der Waals surface area contributed by atoms with Crippen LogP contribution in [0.15, 0.2) is 124 Å². The van der Waals surface area contributed by atoms with Crippen LogP contribution in [0, 0.1) is 0 Å². The van der Waals surface area contributed by atoms with E-state index in [1.165, 1.54) is 28.0 Å². The molecule has 0 N–H and O–H groups in total. The Bertz CT molecular complexity index is 995. The minimum Gasteiger partial charge on any atom is -0.140 e. The summed E-state index contributed by atoms with van der Waals surface area (Å²) in [5.74, 6) is 0. The summed E-state index contributed by atoms with van der Waals surface area (Å²) in [6.45, 7) is 0. The highest BCUT2D eigenvalue weighted by atomic mass is 32.2. The fourth-order valence-corrected chi connectivity index (χ4v) is 8.05. The van der Waals surface area contributed by atoms with E-state index in [9.17, 15) is 0 Å². The minimum atomic E-state index is 1.07. The van der Waals surface area contributed by atoms with Crippen molar-refractivity contribution in [2.75, 3.05) is 0 Å². The third-order valence-electron chi connectivity index (χ3n) is 3.65. The number of hydrogen-bond acceptors (Lipinski definition) is 5. The summed E-state index contributed by atoms with van der Waals surface area (Å²) >= 11 is 12.1. The monoisotopic (exact) mass is 440 g/mol. The highest BCUT2D eigenvalue weighted by Gasteiger charge is 2.19. The van der Waals surface area contributed by atoms with E-state index >= 15 is 0 Å². The van der Waals surface area contributed by atoms with Gasteiger partial charge in [-0.3, -0.25) is 0 Å². The molecule has 4 aromatic rings. The Morgan fingerprint density at radius 2 is 0.926 bits per heavy atom. The Labute approximate surface area is 182 Å². The van der Waals surface area contributed by atoms with Crippen LogP contribution in [-0.2, 0) is 0 Å². The van der Waals surface area contributed by atoms with Crippen LogP contribution in [0.1, 0.15) is 0 Å². The van der Waals surface area contributed by atoms with Crippen LogP contribution in [0.3, 0.4) is 0 Å². The standard InChI is InChI=1S/C22H16S5/c23-19-20(24-16-10-4-1-5-11-16)22(26-18-14-8-3-9-15-18)27-21(19)25-17-12-6-2-7-13-17/h1-15,23H. The van der Waals surface area contributed by atoms with Gasteiger partial charge in [0.05, 0.1) is 13.3 Å². The number of rotatable bonds is 6. The normalized spacial score (nSPS) is 10.9. The second-order valence-corrected chi connectivity index (χ2v) is 10.8. The number of benzene rings is 3. The summed E-state index contributed by atoms with van der Waals surface area (Å²) in [5.41, 5.74) is 0. The molecular weight excluding hydrogens is 425 g/mol. The minimum absolute atomic E-state index is 1.07. The molecule has 0 atom stereocenters. The van der Waals surface area contributed by atoms with Crippen LogP contribution in [0.5, 0.6) is 0 Å². The molecule has 3 aromatic carbocycles. The summed E-state index contributed by atoms with van der Waals surface area (Å²) in [6, 6.07) is 31.5. The molecule has 0 nitrogen and oxygen atoms in total. The van der Waals surface area contributed by atoms with Crippen molar-refractivity contribution in [2.24, 2.45) is 0 Å². The first kappa shape index (κ1) is 19.1. The van der Waals surface area contributed by atoms with Gasteiger partial charge in [0.25, 0.3) is 0 Å².